The molecule has 8 nitrogen and oxygen atoms in total. The van der Waals surface area contributed by atoms with E-state index in [0.717, 1.165) is 27.6 Å². The number of nitrogens with zero attached hydrogens (tertiary/aromatic N) is 5. The van der Waals surface area contributed by atoms with E-state index in [-0.39, 0.29) is 12.8 Å². The van der Waals surface area contributed by atoms with Crippen LogP contribution in [0.3, 0.4) is 0 Å². The summed E-state index contributed by atoms with van der Waals surface area (Å²) in [6.45, 7) is 4.49. The topological polar surface area (TPSA) is 112 Å². The van der Waals surface area contributed by atoms with Crippen LogP contribution in [0.5, 0.6) is 0 Å². The minimum absolute atomic E-state index is 0.156. The summed E-state index contributed by atoms with van der Waals surface area (Å²) in [4.78, 5) is 14.4. The molecule has 1 aliphatic rings. The van der Waals surface area contributed by atoms with Gasteiger partial charge < -0.3 is 15.7 Å². The first-order valence-corrected chi connectivity index (χ1v) is 9.84. The Morgan fingerprint density at radius 2 is 2.06 bits per heavy atom. The van der Waals surface area contributed by atoms with Crippen LogP contribution in [0.2, 0.25) is 0 Å². The summed E-state index contributed by atoms with van der Waals surface area (Å²) >= 11 is 0. The van der Waals surface area contributed by atoms with Crippen LogP contribution in [-0.2, 0) is 0 Å². The Bertz CT molecular complexity index is 1310. The van der Waals surface area contributed by atoms with E-state index in [0.29, 0.717) is 35.9 Å². The lowest BCUT2D eigenvalue weighted by Gasteiger charge is -2.33. The number of anilines is 1. The van der Waals surface area contributed by atoms with E-state index in [4.69, 9.17) is 10.8 Å². The second-order valence-electron chi connectivity index (χ2n) is 7.59. The van der Waals surface area contributed by atoms with Gasteiger partial charge in [0.15, 0.2) is 5.82 Å². The van der Waals surface area contributed by atoms with Crippen molar-refractivity contribution in [3.63, 3.8) is 0 Å². The van der Waals surface area contributed by atoms with Gasteiger partial charge in [-0.1, -0.05) is 12.6 Å². The summed E-state index contributed by atoms with van der Waals surface area (Å²) in [5.41, 5.74) is 4.95. The van der Waals surface area contributed by atoms with E-state index in [9.17, 15) is 8.78 Å². The molecule has 4 heterocycles. The van der Waals surface area contributed by atoms with Crippen LogP contribution in [0.15, 0.2) is 42.1 Å². The minimum Gasteiger partial charge on any atom is -0.369 e. The van der Waals surface area contributed by atoms with Gasteiger partial charge in [0, 0.05) is 36.9 Å². The van der Waals surface area contributed by atoms with Crippen LogP contribution in [0.25, 0.3) is 39.0 Å². The van der Waals surface area contributed by atoms with Gasteiger partial charge in [-0.2, -0.15) is 10.2 Å². The number of hydrazone groups is 1. The molecule has 4 aromatic rings. The number of halogens is 2. The molecule has 3 aromatic heterocycles. The van der Waals surface area contributed by atoms with Gasteiger partial charge in [0.1, 0.15) is 11.2 Å². The third kappa shape index (κ3) is 3.39. The molecule has 31 heavy (non-hydrogen) atoms. The van der Waals surface area contributed by atoms with Gasteiger partial charge in [-0.3, -0.25) is 10.1 Å². The maximum atomic E-state index is 13.6. The number of benzene rings is 1. The van der Waals surface area contributed by atoms with Gasteiger partial charge in [0.05, 0.1) is 34.8 Å². The Morgan fingerprint density at radius 1 is 1.26 bits per heavy atom. The molecule has 1 aromatic carbocycles. The molecule has 5 rings (SSSR count). The quantitative estimate of drug-likeness (QED) is 0.264. The number of hydrogen-bond acceptors (Lipinski definition) is 6. The summed E-state index contributed by atoms with van der Waals surface area (Å²) < 4.78 is 27.2. The lowest BCUT2D eigenvalue weighted by Crippen LogP contribution is -2.39. The number of H-pyrrole nitrogens is 2. The third-order valence-corrected chi connectivity index (χ3v) is 5.56. The number of nitrogens with one attached hydrogen (secondary N) is 2. The molecule has 0 amide bonds. The lowest BCUT2D eigenvalue weighted by molar-refractivity contribution is -0.0220. The molecule has 1 fully saturated rings. The average molecular weight is 422 g/mol. The first-order chi connectivity index (χ1) is 14.9. The number of alkyl halides is 2. The number of aromatic amines is 2. The number of piperidine rings is 1. The van der Waals surface area contributed by atoms with Crippen LogP contribution in [-0.4, -0.2) is 50.4 Å². The summed E-state index contributed by atoms with van der Waals surface area (Å²) in [6.07, 6.45) is 2.79. The predicted octanol–water partition coefficient (Wildman–Crippen LogP) is 3.69. The zero-order valence-corrected chi connectivity index (χ0v) is 16.6. The Morgan fingerprint density at radius 3 is 2.84 bits per heavy atom. The highest BCUT2D eigenvalue weighted by Crippen LogP contribution is 2.35. The SMILES string of the molecule is C=C(/C=N\N)c1cc2c(-c3nc4c(N5CCC(F)(F)CC5)cccc4[nH]3)n[nH]c2cn1. The molecular formula is C21H20F2N8. The van der Waals surface area contributed by atoms with Crippen LogP contribution in [0.1, 0.15) is 18.5 Å². The molecule has 158 valence electrons. The molecule has 0 radical (unpaired) electrons. The van der Waals surface area contributed by atoms with Gasteiger partial charge in [-0.15, -0.1) is 0 Å². The normalized spacial score (nSPS) is 16.5. The second-order valence-corrected chi connectivity index (χ2v) is 7.59. The number of rotatable bonds is 4. The lowest BCUT2D eigenvalue weighted by atomic mass is 10.1. The van der Waals surface area contributed by atoms with Gasteiger partial charge in [0.25, 0.3) is 5.92 Å². The minimum atomic E-state index is -2.60. The molecule has 1 saturated heterocycles. The number of nitrogens with two attached hydrogens (primary N) is 1. The molecule has 0 unspecified atom stereocenters. The van der Waals surface area contributed by atoms with E-state index < -0.39 is 5.92 Å². The van der Waals surface area contributed by atoms with E-state index in [1.54, 1.807) is 6.20 Å². The van der Waals surface area contributed by atoms with Crippen molar-refractivity contribution in [1.29, 1.82) is 0 Å². The van der Waals surface area contributed by atoms with Crippen molar-refractivity contribution in [3.8, 4) is 11.5 Å². The standard InChI is InChI=1S/C21H20F2N8/c1-12(10-26-24)15-9-13-16(11-25-15)29-30-18(13)20-27-14-3-2-4-17(19(14)28-20)31-7-5-21(22,23)6-8-31/h2-4,9-11H,1,5-8,24H2,(H,27,28)(H,29,30)/b26-10-. The molecule has 4 N–H and O–H groups in total. The van der Waals surface area contributed by atoms with Crippen molar-refractivity contribution in [1.82, 2.24) is 25.1 Å². The van der Waals surface area contributed by atoms with Crippen LogP contribution in [0, 0.1) is 0 Å². The number of para-hydroxylation sites is 1. The Balaban J connectivity index is 1.56. The van der Waals surface area contributed by atoms with E-state index in [1.807, 2.05) is 29.2 Å². The highest BCUT2D eigenvalue weighted by molar-refractivity contribution is 6.09. The molecule has 0 saturated carbocycles. The summed E-state index contributed by atoms with van der Waals surface area (Å²) in [6, 6.07) is 7.57. The maximum Gasteiger partial charge on any atom is 0.251 e. The molecule has 1 aliphatic heterocycles. The largest absolute Gasteiger partial charge is 0.369 e. The van der Waals surface area contributed by atoms with Crippen LogP contribution in [0.4, 0.5) is 14.5 Å². The molecule has 0 bridgehead atoms. The number of aromatic nitrogens is 5. The maximum absolute atomic E-state index is 13.6. The number of allylic oxidation sites excluding steroid dienone is 1. The van der Waals surface area contributed by atoms with Crippen LogP contribution >= 0.6 is 0 Å². The van der Waals surface area contributed by atoms with Crippen molar-refractivity contribution in [2.45, 2.75) is 18.8 Å². The van der Waals surface area contributed by atoms with Crippen molar-refractivity contribution >= 4 is 39.4 Å². The highest BCUT2D eigenvalue weighted by Gasteiger charge is 2.34. The van der Waals surface area contributed by atoms with Crippen molar-refractivity contribution < 1.29 is 8.78 Å². The van der Waals surface area contributed by atoms with E-state index in [2.05, 4.69) is 31.8 Å². The number of fused-ring (bicyclic) bond motifs is 2. The Hall–Kier alpha value is -3.82. The molecule has 10 heteroatoms. The monoisotopic (exact) mass is 422 g/mol. The number of hydrogen-bond donors (Lipinski definition) is 3. The molecule has 0 atom stereocenters. The number of imidazole rings is 1. The predicted molar refractivity (Wildman–Crippen MR) is 117 cm³/mol. The van der Waals surface area contributed by atoms with Crippen LogP contribution < -0.4 is 10.7 Å². The highest BCUT2D eigenvalue weighted by atomic mass is 19.3. The molecule has 0 aliphatic carbocycles. The fraction of sp³-hybridized carbons (Fsp3) is 0.238. The van der Waals surface area contributed by atoms with Crippen molar-refractivity contribution in [2.75, 3.05) is 18.0 Å². The average Bonchev–Trinajstić information content (AvgIpc) is 3.37. The van der Waals surface area contributed by atoms with Crippen molar-refractivity contribution in [3.05, 3.63) is 42.7 Å². The molecule has 0 spiro atoms. The third-order valence-electron chi connectivity index (χ3n) is 5.56. The van der Waals surface area contributed by atoms with E-state index in [1.165, 1.54) is 6.21 Å². The summed E-state index contributed by atoms with van der Waals surface area (Å²) in [5.74, 6) is 3.19. The fourth-order valence-corrected chi connectivity index (χ4v) is 3.89. The summed E-state index contributed by atoms with van der Waals surface area (Å²) in [5, 5.41) is 11.7. The Kier molecular flexibility index (Phi) is 4.42. The zero-order valence-electron chi connectivity index (χ0n) is 16.6. The fourth-order valence-electron chi connectivity index (χ4n) is 3.89. The first-order valence-electron chi connectivity index (χ1n) is 9.84. The van der Waals surface area contributed by atoms with Gasteiger partial charge >= 0.3 is 0 Å². The van der Waals surface area contributed by atoms with Gasteiger partial charge in [-0.25, -0.2) is 13.8 Å². The smallest absolute Gasteiger partial charge is 0.251 e. The van der Waals surface area contributed by atoms with Crippen molar-refractivity contribution in [2.24, 2.45) is 10.9 Å². The van der Waals surface area contributed by atoms with E-state index >= 15 is 0 Å². The number of pyridine rings is 1. The second kappa shape index (κ2) is 7.15. The van der Waals surface area contributed by atoms with Gasteiger partial charge in [0.2, 0.25) is 0 Å². The zero-order chi connectivity index (χ0) is 21.6. The Labute approximate surface area is 175 Å². The van der Waals surface area contributed by atoms with Gasteiger partial charge in [-0.05, 0) is 18.2 Å². The first kappa shape index (κ1) is 19.2. The molecular weight excluding hydrogens is 402 g/mol. The summed E-state index contributed by atoms with van der Waals surface area (Å²) in [7, 11) is 0.